The molecule has 1 aliphatic carbocycles. The Hall–Kier alpha value is -1.64. The molecule has 0 atom stereocenters. The summed E-state index contributed by atoms with van der Waals surface area (Å²) in [5.74, 6) is 0. The topological polar surface area (TPSA) is 15.6 Å². The molecule has 25 heavy (non-hydrogen) atoms. The van der Waals surface area contributed by atoms with E-state index in [2.05, 4.69) is 49.1 Å². The number of fused-ring (bicyclic) bond motifs is 2. The van der Waals surface area contributed by atoms with Gasteiger partial charge in [-0.05, 0) is 56.1 Å². The lowest BCUT2D eigenvalue weighted by Crippen LogP contribution is -2.24. The second kappa shape index (κ2) is 8.64. The second-order valence-corrected chi connectivity index (χ2v) is 6.94. The maximum atomic E-state index is 6.50. The van der Waals surface area contributed by atoms with Gasteiger partial charge in [-0.1, -0.05) is 61.8 Å². The first-order valence-corrected chi connectivity index (χ1v) is 9.75. The van der Waals surface area contributed by atoms with E-state index in [4.69, 9.17) is 16.6 Å². The zero-order valence-corrected chi connectivity index (χ0v) is 16.0. The van der Waals surface area contributed by atoms with E-state index >= 15 is 0 Å². The summed E-state index contributed by atoms with van der Waals surface area (Å²) >= 11 is 6.50. The molecule has 2 aromatic carbocycles. The maximum Gasteiger partial charge on any atom is 0.0724 e. The van der Waals surface area contributed by atoms with Gasteiger partial charge in [0, 0.05) is 22.7 Å². The molecule has 0 amide bonds. The zero-order chi connectivity index (χ0) is 17.6. The molecule has 1 aliphatic rings. The van der Waals surface area contributed by atoms with E-state index < -0.39 is 0 Å². The van der Waals surface area contributed by atoms with Gasteiger partial charge in [0.1, 0.15) is 0 Å². The zero-order valence-electron chi connectivity index (χ0n) is 15.3. The fourth-order valence-corrected chi connectivity index (χ4v) is 3.87. The molecule has 2 nitrogen and oxygen atoms in total. The van der Waals surface area contributed by atoms with Crippen molar-refractivity contribution < 1.29 is 0 Å². The van der Waals surface area contributed by atoms with Gasteiger partial charge in [0.05, 0.1) is 5.71 Å². The standard InChI is InChI=1S/C22H27ClN2/c1-3-25(4-2)16-8-15-24-22-18-10-6-5-9-17(18)13-14-19-20(22)11-7-12-21(19)23/h5-7,9-12H,3-4,8,13-16H2,1-2H3/b24-22-. The van der Waals surface area contributed by atoms with Crippen LogP contribution in [0.15, 0.2) is 47.5 Å². The van der Waals surface area contributed by atoms with Crippen LogP contribution in [0.1, 0.15) is 42.5 Å². The van der Waals surface area contributed by atoms with Crippen LogP contribution in [-0.4, -0.2) is 36.8 Å². The monoisotopic (exact) mass is 354 g/mol. The average Bonchev–Trinajstić information content (AvgIpc) is 2.80. The number of nitrogens with zero attached hydrogens (tertiary/aromatic N) is 2. The summed E-state index contributed by atoms with van der Waals surface area (Å²) < 4.78 is 0. The van der Waals surface area contributed by atoms with Gasteiger partial charge in [-0.3, -0.25) is 4.99 Å². The molecule has 0 aliphatic heterocycles. The number of aryl methyl sites for hydroxylation is 1. The predicted molar refractivity (Wildman–Crippen MR) is 108 cm³/mol. The molecule has 0 heterocycles. The lowest BCUT2D eigenvalue weighted by Gasteiger charge is -2.17. The Labute approximate surface area is 156 Å². The van der Waals surface area contributed by atoms with E-state index in [1.54, 1.807) is 0 Å². The largest absolute Gasteiger partial charge is 0.304 e. The molecule has 0 bridgehead atoms. The predicted octanol–water partition coefficient (Wildman–Crippen LogP) is 5.01. The second-order valence-electron chi connectivity index (χ2n) is 6.53. The molecule has 0 fully saturated rings. The van der Waals surface area contributed by atoms with Crippen molar-refractivity contribution in [2.75, 3.05) is 26.2 Å². The van der Waals surface area contributed by atoms with Gasteiger partial charge in [-0.15, -0.1) is 0 Å². The molecular weight excluding hydrogens is 328 g/mol. The van der Waals surface area contributed by atoms with Crippen molar-refractivity contribution in [3.05, 3.63) is 69.7 Å². The lowest BCUT2D eigenvalue weighted by molar-refractivity contribution is 0.302. The molecule has 0 saturated carbocycles. The molecule has 0 radical (unpaired) electrons. The van der Waals surface area contributed by atoms with E-state index in [1.165, 1.54) is 22.3 Å². The smallest absolute Gasteiger partial charge is 0.0724 e. The minimum absolute atomic E-state index is 0.853. The summed E-state index contributed by atoms with van der Waals surface area (Å²) in [6, 6.07) is 14.9. The molecule has 0 spiro atoms. The molecule has 2 aromatic rings. The lowest BCUT2D eigenvalue weighted by atomic mass is 9.98. The summed E-state index contributed by atoms with van der Waals surface area (Å²) in [5.41, 5.74) is 6.21. The van der Waals surface area contributed by atoms with Crippen LogP contribution < -0.4 is 0 Å². The first-order valence-electron chi connectivity index (χ1n) is 9.37. The van der Waals surface area contributed by atoms with Gasteiger partial charge in [0.2, 0.25) is 0 Å². The molecule has 0 saturated heterocycles. The van der Waals surface area contributed by atoms with Crippen molar-refractivity contribution in [1.29, 1.82) is 0 Å². The molecular formula is C22H27ClN2. The summed E-state index contributed by atoms with van der Waals surface area (Å²) in [4.78, 5) is 7.49. The highest BCUT2D eigenvalue weighted by molar-refractivity contribution is 6.32. The van der Waals surface area contributed by atoms with Crippen LogP contribution in [0.3, 0.4) is 0 Å². The van der Waals surface area contributed by atoms with Gasteiger partial charge < -0.3 is 4.90 Å². The van der Waals surface area contributed by atoms with E-state index in [0.29, 0.717) is 0 Å². The Kier molecular flexibility index (Phi) is 6.28. The van der Waals surface area contributed by atoms with Crippen LogP contribution >= 0.6 is 11.6 Å². The van der Waals surface area contributed by atoms with Crippen molar-refractivity contribution in [1.82, 2.24) is 4.90 Å². The average molecular weight is 355 g/mol. The number of hydrogen-bond donors (Lipinski definition) is 0. The van der Waals surface area contributed by atoms with Crippen LogP contribution in [0.25, 0.3) is 0 Å². The van der Waals surface area contributed by atoms with Crippen molar-refractivity contribution in [3.63, 3.8) is 0 Å². The minimum atomic E-state index is 0.853. The summed E-state index contributed by atoms with van der Waals surface area (Å²) in [5, 5.41) is 0.862. The Morgan fingerprint density at radius 1 is 0.960 bits per heavy atom. The molecule has 3 rings (SSSR count). The molecule has 0 unspecified atom stereocenters. The summed E-state index contributed by atoms with van der Waals surface area (Å²) in [6.45, 7) is 8.60. The van der Waals surface area contributed by atoms with Gasteiger partial charge in [-0.25, -0.2) is 0 Å². The first kappa shape index (κ1) is 18.2. The third-order valence-corrected chi connectivity index (χ3v) is 5.44. The van der Waals surface area contributed by atoms with Gasteiger partial charge in [0.15, 0.2) is 0 Å². The van der Waals surface area contributed by atoms with Crippen LogP contribution in [-0.2, 0) is 12.8 Å². The van der Waals surface area contributed by atoms with E-state index in [-0.39, 0.29) is 0 Å². The van der Waals surface area contributed by atoms with Crippen LogP contribution in [0, 0.1) is 0 Å². The third-order valence-electron chi connectivity index (χ3n) is 5.09. The van der Waals surface area contributed by atoms with Gasteiger partial charge in [-0.2, -0.15) is 0 Å². The van der Waals surface area contributed by atoms with E-state index in [1.807, 2.05) is 12.1 Å². The number of hydrogen-bond acceptors (Lipinski definition) is 2. The Morgan fingerprint density at radius 2 is 1.72 bits per heavy atom. The van der Waals surface area contributed by atoms with Crippen molar-refractivity contribution >= 4 is 17.3 Å². The molecule has 0 N–H and O–H groups in total. The van der Waals surface area contributed by atoms with Gasteiger partial charge in [0.25, 0.3) is 0 Å². The van der Waals surface area contributed by atoms with Gasteiger partial charge >= 0.3 is 0 Å². The normalized spacial score (nSPS) is 15.1. The highest BCUT2D eigenvalue weighted by atomic mass is 35.5. The van der Waals surface area contributed by atoms with Crippen LogP contribution in [0.2, 0.25) is 5.02 Å². The SMILES string of the molecule is CCN(CC)CCC/N=C1/c2ccccc2CCc2c(Cl)cccc21. The first-order chi connectivity index (χ1) is 12.2. The Morgan fingerprint density at radius 3 is 2.52 bits per heavy atom. The highest BCUT2D eigenvalue weighted by Gasteiger charge is 2.20. The Balaban J connectivity index is 1.91. The maximum absolute atomic E-state index is 6.50. The third kappa shape index (κ3) is 4.13. The minimum Gasteiger partial charge on any atom is -0.304 e. The van der Waals surface area contributed by atoms with Crippen molar-refractivity contribution in [2.24, 2.45) is 4.99 Å². The number of halogens is 1. The summed E-state index contributed by atoms with van der Waals surface area (Å²) in [6.07, 6.45) is 3.08. The molecule has 0 aromatic heterocycles. The van der Waals surface area contributed by atoms with Crippen molar-refractivity contribution in [3.8, 4) is 0 Å². The van der Waals surface area contributed by atoms with Crippen LogP contribution in [0.4, 0.5) is 0 Å². The number of rotatable bonds is 6. The Bertz CT molecular complexity index is 747. The van der Waals surface area contributed by atoms with Crippen molar-refractivity contribution in [2.45, 2.75) is 33.1 Å². The highest BCUT2D eigenvalue weighted by Crippen LogP contribution is 2.29. The fourth-order valence-electron chi connectivity index (χ4n) is 3.60. The number of benzene rings is 2. The van der Waals surface area contributed by atoms with E-state index in [0.717, 1.165) is 56.2 Å². The molecule has 3 heteroatoms. The van der Waals surface area contributed by atoms with Crippen LogP contribution in [0.5, 0.6) is 0 Å². The number of aliphatic imine (C=N–C) groups is 1. The molecule has 132 valence electrons. The van der Waals surface area contributed by atoms with E-state index in [9.17, 15) is 0 Å². The quantitative estimate of drug-likeness (QED) is 0.666. The fraction of sp³-hybridized carbons (Fsp3) is 0.409. The summed E-state index contributed by atoms with van der Waals surface area (Å²) in [7, 11) is 0.